The van der Waals surface area contributed by atoms with Crippen LogP contribution in [0.5, 0.6) is 5.75 Å². The number of hydrogen-bond acceptors (Lipinski definition) is 3. The standard InChI is InChI=1S/C14H18N2O2/c1-2-16-12-6-5-10(17)9-11(12)15-13(18)14(16)7-3-4-8-14/h5-6,9,17H,2-4,7-8H2,1H3,(H,15,18). The van der Waals surface area contributed by atoms with Crippen LogP contribution in [0.3, 0.4) is 0 Å². The zero-order chi connectivity index (χ0) is 12.8. The van der Waals surface area contributed by atoms with E-state index in [0.717, 1.165) is 43.6 Å². The molecule has 1 amide bonds. The highest BCUT2D eigenvalue weighted by Crippen LogP contribution is 2.45. The van der Waals surface area contributed by atoms with E-state index in [-0.39, 0.29) is 17.2 Å². The van der Waals surface area contributed by atoms with Gasteiger partial charge in [-0.15, -0.1) is 0 Å². The molecular weight excluding hydrogens is 228 g/mol. The van der Waals surface area contributed by atoms with E-state index < -0.39 is 0 Å². The zero-order valence-electron chi connectivity index (χ0n) is 10.6. The molecule has 2 aliphatic rings. The zero-order valence-corrected chi connectivity index (χ0v) is 10.6. The number of anilines is 2. The van der Waals surface area contributed by atoms with E-state index in [2.05, 4.69) is 17.1 Å². The van der Waals surface area contributed by atoms with Crippen LogP contribution < -0.4 is 10.2 Å². The van der Waals surface area contributed by atoms with E-state index in [0.29, 0.717) is 0 Å². The molecule has 18 heavy (non-hydrogen) atoms. The Balaban J connectivity index is 2.12. The van der Waals surface area contributed by atoms with Gasteiger partial charge in [-0.2, -0.15) is 0 Å². The van der Waals surface area contributed by atoms with Crippen molar-refractivity contribution >= 4 is 17.3 Å². The van der Waals surface area contributed by atoms with Crippen LogP contribution in [0.15, 0.2) is 18.2 Å². The van der Waals surface area contributed by atoms with Gasteiger partial charge >= 0.3 is 0 Å². The minimum absolute atomic E-state index is 0.0833. The Morgan fingerprint density at radius 1 is 1.39 bits per heavy atom. The van der Waals surface area contributed by atoms with E-state index in [9.17, 15) is 9.90 Å². The molecule has 0 atom stereocenters. The van der Waals surface area contributed by atoms with Crippen molar-refractivity contribution in [2.45, 2.75) is 38.1 Å². The van der Waals surface area contributed by atoms with Gasteiger partial charge in [-0.25, -0.2) is 0 Å². The molecule has 1 aliphatic carbocycles. The Hall–Kier alpha value is -1.71. The molecule has 1 aromatic carbocycles. The summed E-state index contributed by atoms with van der Waals surface area (Å²) in [5.74, 6) is 0.271. The molecule has 1 saturated carbocycles. The molecule has 0 saturated heterocycles. The Morgan fingerprint density at radius 2 is 2.11 bits per heavy atom. The predicted octanol–water partition coefficient (Wildman–Crippen LogP) is 2.48. The van der Waals surface area contributed by atoms with Gasteiger partial charge in [-0.3, -0.25) is 4.79 Å². The smallest absolute Gasteiger partial charge is 0.250 e. The molecule has 2 N–H and O–H groups in total. The van der Waals surface area contributed by atoms with E-state index in [4.69, 9.17) is 0 Å². The van der Waals surface area contributed by atoms with Crippen molar-refractivity contribution in [1.82, 2.24) is 0 Å². The van der Waals surface area contributed by atoms with Crippen LogP contribution in [0.25, 0.3) is 0 Å². The average Bonchev–Trinajstić information content (AvgIpc) is 2.82. The van der Waals surface area contributed by atoms with Gasteiger partial charge in [0.15, 0.2) is 0 Å². The normalized spacial score (nSPS) is 20.9. The quantitative estimate of drug-likeness (QED) is 0.800. The fourth-order valence-electron chi connectivity index (χ4n) is 3.38. The SMILES string of the molecule is CCN1c2ccc(O)cc2NC(=O)C12CCCC2. The third-order valence-corrected chi connectivity index (χ3v) is 4.21. The molecule has 1 heterocycles. The van der Waals surface area contributed by atoms with Gasteiger partial charge in [-0.05, 0) is 31.9 Å². The number of nitrogens with zero attached hydrogens (tertiary/aromatic N) is 1. The van der Waals surface area contributed by atoms with Gasteiger partial charge in [0.05, 0.1) is 11.4 Å². The van der Waals surface area contributed by atoms with E-state index in [1.807, 2.05) is 6.07 Å². The summed E-state index contributed by atoms with van der Waals surface area (Å²) < 4.78 is 0. The topological polar surface area (TPSA) is 52.6 Å². The Bertz CT molecular complexity index is 493. The first-order chi connectivity index (χ1) is 8.67. The molecule has 1 spiro atoms. The number of nitrogens with one attached hydrogen (secondary N) is 1. The predicted molar refractivity (Wildman–Crippen MR) is 71.0 cm³/mol. The molecule has 0 aromatic heterocycles. The van der Waals surface area contributed by atoms with Crippen LogP contribution in [-0.2, 0) is 4.79 Å². The maximum atomic E-state index is 12.4. The highest BCUT2D eigenvalue weighted by Gasteiger charge is 2.48. The monoisotopic (exact) mass is 246 g/mol. The lowest BCUT2D eigenvalue weighted by Gasteiger charge is -2.45. The molecule has 0 bridgehead atoms. The Kier molecular flexibility index (Phi) is 2.47. The highest BCUT2D eigenvalue weighted by atomic mass is 16.3. The summed E-state index contributed by atoms with van der Waals surface area (Å²) in [5, 5.41) is 12.5. The number of hydrogen-bond donors (Lipinski definition) is 2. The van der Waals surface area contributed by atoms with Crippen molar-refractivity contribution in [1.29, 1.82) is 0 Å². The van der Waals surface area contributed by atoms with Gasteiger partial charge in [0, 0.05) is 12.6 Å². The summed E-state index contributed by atoms with van der Waals surface area (Å²) in [5.41, 5.74) is 1.38. The number of likely N-dealkylation sites (N-methyl/N-ethyl adjacent to an activating group) is 1. The molecule has 96 valence electrons. The number of rotatable bonds is 1. The number of carbonyl (C=O) groups excluding carboxylic acids is 1. The van der Waals surface area contributed by atoms with Crippen molar-refractivity contribution in [2.24, 2.45) is 0 Å². The molecular formula is C14H18N2O2. The molecule has 4 heteroatoms. The van der Waals surface area contributed by atoms with Gasteiger partial charge < -0.3 is 15.3 Å². The molecule has 3 rings (SSSR count). The summed E-state index contributed by atoms with van der Waals surface area (Å²) in [6, 6.07) is 5.20. The van der Waals surface area contributed by atoms with Gasteiger partial charge in [0.1, 0.15) is 11.3 Å². The van der Waals surface area contributed by atoms with E-state index in [1.165, 1.54) is 0 Å². The second-order valence-electron chi connectivity index (χ2n) is 5.14. The van der Waals surface area contributed by atoms with Crippen molar-refractivity contribution in [3.63, 3.8) is 0 Å². The minimum atomic E-state index is -0.362. The number of carbonyl (C=O) groups is 1. The molecule has 4 nitrogen and oxygen atoms in total. The van der Waals surface area contributed by atoms with E-state index in [1.54, 1.807) is 12.1 Å². The summed E-state index contributed by atoms with van der Waals surface area (Å²) in [6.07, 6.45) is 4.06. The third-order valence-electron chi connectivity index (χ3n) is 4.21. The van der Waals surface area contributed by atoms with Gasteiger partial charge in [-0.1, -0.05) is 12.8 Å². The molecule has 1 aromatic rings. The van der Waals surface area contributed by atoms with Crippen LogP contribution in [0, 0.1) is 0 Å². The second kappa shape index (κ2) is 3.90. The summed E-state index contributed by atoms with van der Waals surface area (Å²) in [4.78, 5) is 14.6. The first kappa shape index (κ1) is 11.4. The van der Waals surface area contributed by atoms with Crippen molar-refractivity contribution in [3.05, 3.63) is 18.2 Å². The number of amides is 1. The third kappa shape index (κ3) is 1.41. The Labute approximate surface area is 107 Å². The van der Waals surface area contributed by atoms with Crippen LogP contribution in [0.1, 0.15) is 32.6 Å². The number of aromatic hydroxyl groups is 1. The number of fused-ring (bicyclic) bond motifs is 1. The fourth-order valence-corrected chi connectivity index (χ4v) is 3.38. The molecule has 0 radical (unpaired) electrons. The largest absolute Gasteiger partial charge is 0.508 e. The Morgan fingerprint density at radius 3 is 2.78 bits per heavy atom. The van der Waals surface area contributed by atoms with Crippen molar-refractivity contribution in [3.8, 4) is 5.75 Å². The number of phenols is 1. The fraction of sp³-hybridized carbons (Fsp3) is 0.500. The maximum absolute atomic E-state index is 12.4. The lowest BCUT2D eigenvalue weighted by molar-refractivity contribution is -0.121. The molecule has 1 fully saturated rings. The summed E-state index contributed by atoms with van der Waals surface area (Å²) in [7, 11) is 0. The maximum Gasteiger partial charge on any atom is 0.250 e. The van der Waals surface area contributed by atoms with Gasteiger partial charge in [0.2, 0.25) is 5.91 Å². The number of benzene rings is 1. The van der Waals surface area contributed by atoms with Crippen molar-refractivity contribution in [2.75, 3.05) is 16.8 Å². The van der Waals surface area contributed by atoms with Crippen LogP contribution >= 0.6 is 0 Å². The van der Waals surface area contributed by atoms with Crippen LogP contribution in [0.4, 0.5) is 11.4 Å². The lowest BCUT2D eigenvalue weighted by Crippen LogP contribution is -2.58. The highest BCUT2D eigenvalue weighted by molar-refractivity contribution is 6.07. The van der Waals surface area contributed by atoms with Gasteiger partial charge in [0.25, 0.3) is 0 Å². The lowest BCUT2D eigenvalue weighted by atomic mass is 9.90. The average molecular weight is 246 g/mol. The van der Waals surface area contributed by atoms with Crippen molar-refractivity contribution < 1.29 is 9.90 Å². The van der Waals surface area contributed by atoms with Crippen LogP contribution in [0.2, 0.25) is 0 Å². The first-order valence-corrected chi connectivity index (χ1v) is 6.59. The van der Waals surface area contributed by atoms with E-state index >= 15 is 0 Å². The van der Waals surface area contributed by atoms with Crippen LogP contribution in [-0.4, -0.2) is 23.1 Å². The summed E-state index contributed by atoms with van der Waals surface area (Å²) >= 11 is 0. The minimum Gasteiger partial charge on any atom is -0.508 e. The number of phenolic OH excluding ortho intramolecular Hbond substituents is 1. The molecule has 1 aliphatic heterocycles. The first-order valence-electron chi connectivity index (χ1n) is 6.59. The summed E-state index contributed by atoms with van der Waals surface area (Å²) in [6.45, 7) is 2.89. The molecule has 0 unspecified atom stereocenters. The second-order valence-corrected chi connectivity index (χ2v) is 5.14.